The molecule has 100 valence electrons. The number of halogens is 1. The molecule has 0 saturated heterocycles. The van der Waals surface area contributed by atoms with Gasteiger partial charge >= 0.3 is 5.97 Å². The normalized spacial score (nSPS) is 10.6. The predicted molar refractivity (Wildman–Crippen MR) is 79.0 cm³/mol. The second kappa shape index (κ2) is 8.31. The summed E-state index contributed by atoms with van der Waals surface area (Å²) < 4.78 is 6.77. The molecule has 0 aliphatic heterocycles. The molecule has 0 fully saturated rings. The molecule has 5 heteroatoms. The van der Waals surface area contributed by atoms with E-state index >= 15 is 0 Å². The number of aliphatic carboxylic acids is 1. The Morgan fingerprint density at radius 1 is 1.44 bits per heavy atom. The molecule has 4 nitrogen and oxygen atoms in total. The smallest absolute Gasteiger partial charge is 0.304 e. The van der Waals surface area contributed by atoms with E-state index in [0.717, 1.165) is 22.3 Å². The van der Waals surface area contributed by atoms with Gasteiger partial charge < -0.3 is 14.7 Å². The molecular weight excluding hydrogens is 345 g/mol. The molecule has 1 aromatic carbocycles. The van der Waals surface area contributed by atoms with Crippen molar-refractivity contribution in [1.29, 1.82) is 0 Å². The fraction of sp³-hybridized carbons (Fsp3) is 0.462. The Morgan fingerprint density at radius 3 is 2.89 bits per heavy atom. The summed E-state index contributed by atoms with van der Waals surface area (Å²) >= 11 is 2.25. The van der Waals surface area contributed by atoms with Gasteiger partial charge in [-0.2, -0.15) is 0 Å². The number of hydrogen-bond acceptors (Lipinski definition) is 3. The van der Waals surface area contributed by atoms with Crippen LogP contribution in [0.4, 0.5) is 0 Å². The number of carboxylic acids is 1. The lowest BCUT2D eigenvalue weighted by Gasteiger charge is -2.15. The monoisotopic (exact) mass is 363 g/mol. The number of carboxylic acid groups (broad SMARTS) is 1. The molecule has 0 unspecified atom stereocenters. The average molecular weight is 363 g/mol. The molecule has 18 heavy (non-hydrogen) atoms. The van der Waals surface area contributed by atoms with E-state index in [-0.39, 0.29) is 6.42 Å². The van der Waals surface area contributed by atoms with Gasteiger partial charge in [0.25, 0.3) is 0 Å². The van der Waals surface area contributed by atoms with Gasteiger partial charge in [0.1, 0.15) is 5.75 Å². The minimum absolute atomic E-state index is 0.189. The van der Waals surface area contributed by atoms with Crippen molar-refractivity contribution in [3.8, 4) is 5.75 Å². The minimum atomic E-state index is -0.753. The highest BCUT2D eigenvalue weighted by Gasteiger charge is 2.02. The van der Waals surface area contributed by atoms with Gasteiger partial charge in [0.05, 0.1) is 13.0 Å². The molecule has 0 bridgehead atoms. The molecule has 0 saturated carbocycles. The van der Waals surface area contributed by atoms with Crippen molar-refractivity contribution in [2.45, 2.75) is 12.8 Å². The van der Waals surface area contributed by atoms with Gasteiger partial charge in [-0.1, -0.05) is 6.07 Å². The lowest BCUT2D eigenvalue weighted by molar-refractivity contribution is -0.137. The van der Waals surface area contributed by atoms with Gasteiger partial charge in [-0.3, -0.25) is 4.79 Å². The third kappa shape index (κ3) is 6.80. The van der Waals surface area contributed by atoms with Gasteiger partial charge in [-0.15, -0.1) is 0 Å². The molecule has 0 aliphatic rings. The van der Waals surface area contributed by atoms with Gasteiger partial charge in [0.2, 0.25) is 0 Å². The van der Waals surface area contributed by atoms with Gasteiger partial charge in [-0.25, -0.2) is 0 Å². The molecular formula is C13H18INO3. The van der Waals surface area contributed by atoms with Gasteiger partial charge in [-0.05, 0) is 54.3 Å². The molecule has 1 aromatic rings. The van der Waals surface area contributed by atoms with E-state index in [0.29, 0.717) is 13.2 Å². The summed E-state index contributed by atoms with van der Waals surface area (Å²) in [6.07, 6.45) is 1.08. The number of hydrogen-bond donors (Lipinski definition) is 1. The molecule has 0 spiro atoms. The first-order valence-corrected chi connectivity index (χ1v) is 6.94. The summed E-state index contributed by atoms with van der Waals surface area (Å²) in [5.74, 6) is 0.132. The van der Waals surface area contributed by atoms with Crippen LogP contribution in [-0.2, 0) is 4.79 Å². The number of benzene rings is 1. The first-order valence-electron chi connectivity index (χ1n) is 5.86. The zero-order valence-electron chi connectivity index (χ0n) is 10.4. The maximum absolute atomic E-state index is 10.4. The van der Waals surface area contributed by atoms with Crippen LogP contribution in [0.25, 0.3) is 0 Å². The van der Waals surface area contributed by atoms with Crippen molar-refractivity contribution in [2.75, 3.05) is 26.7 Å². The Kier molecular flexibility index (Phi) is 7.04. The fourth-order valence-electron chi connectivity index (χ4n) is 1.48. The van der Waals surface area contributed by atoms with Gasteiger partial charge in [0.15, 0.2) is 0 Å². The van der Waals surface area contributed by atoms with E-state index in [2.05, 4.69) is 22.6 Å². The summed E-state index contributed by atoms with van der Waals surface area (Å²) in [5, 5.41) is 8.56. The highest BCUT2D eigenvalue weighted by molar-refractivity contribution is 14.1. The topological polar surface area (TPSA) is 49.8 Å². The highest BCUT2D eigenvalue weighted by atomic mass is 127. The predicted octanol–water partition coefficient (Wildman–Crippen LogP) is 2.47. The Hall–Kier alpha value is -0.820. The van der Waals surface area contributed by atoms with E-state index in [1.807, 2.05) is 36.2 Å². The summed E-state index contributed by atoms with van der Waals surface area (Å²) in [7, 11) is 1.92. The maximum Gasteiger partial charge on any atom is 0.304 e. The maximum atomic E-state index is 10.4. The number of nitrogens with zero attached hydrogens (tertiary/aromatic N) is 1. The molecule has 0 radical (unpaired) electrons. The third-order valence-electron chi connectivity index (χ3n) is 2.46. The second-order valence-electron chi connectivity index (χ2n) is 4.11. The number of rotatable bonds is 8. The van der Waals surface area contributed by atoms with Crippen LogP contribution in [0, 0.1) is 3.57 Å². The molecule has 1 N–H and O–H groups in total. The van der Waals surface area contributed by atoms with E-state index in [4.69, 9.17) is 9.84 Å². The largest absolute Gasteiger partial charge is 0.494 e. The van der Waals surface area contributed by atoms with Gasteiger partial charge in [0, 0.05) is 16.7 Å². The van der Waals surface area contributed by atoms with Crippen LogP contribution in [0.3, 0.4) is 0 Å². The molecule has 1 rings (SSSR count). The molecule has 0 aliphatic carbocycles. The quantitative estimate of drug-likeness (QED) is 0.570. The Labute approximate surface area is 121 Å². The van der Waals surface area contributed by atoms with Crippen LogP contribution < -0.4 is 4.74 Å². The van der Waals surface area contributed by atoms with Crippen molar-refractivity contribution in [2.24, 2.45) is 0 Å². The molecule has 0 aromatic heterocycles. The van der Waals surface area contributed by atoms with Crippen molar-refractivity contribution in [1.82, 2.24) is 4.90 Å². The molecule has 0 amide bonds. The lowest BCUT2D eigenvalue weighted by Crippen LogP contribution is -2.24. The van der Waals surface area contributed by atoms with E-state index in [1.54, 1.807) is 0 Å². The zero-order chi connectivity index (χ0) is 13.4. The SMILES string of the molecule is CN(CCCOc1cccc(I)c1)CCC(=O)O. The molecule has 0 heterocycles. The number of ether oxygens (including phenoxy) is 1. The Balaban J connectivity index is 2.13. The van der Waals surface area contributed by atoms with Crippen molar-refractivity contribution < 1.29 is 14.6 Å². The molecule has 0 atom stereocenters. The van der Waals surface area contributed by atoms with Crippen molar-refractivity contribution in [3.05, 3.63) is 27.8 Å². The fourth-order valence-corrected chi connectivity index (χ4v) is 1.99. The standard InChI is InChI=1S/C13H18INO3/c1-15(8-6-13(16)17)7-3-9-18-12-5-2-4-11(14)10-12/h2,4-5,10H,3,6-9H2,1H3,(H,16,17). The van der Waals surface area contributed by atoms with Crippen LogP contribution in [0.2, 0.25) is 0 Å². The van der Waals surface area contributed by atoms with Crippen LogP contribution in [0.1, 0.15) is 12.8 Å². The lowest BCUT2D eigenvalue weighted by atomic mass is 10.3. The van der Waals surface area contributed by atoms with Crippen molar-refractivity contribution in [3.63, 3.8) is 0 Å². The van der Waals surface area contributed by atoms with Crippen LogP contribution in [-0.4, -0.2) is 42.7 Å². The van der Waals surface area contributed by atoms with E-state index < -0.39 is 5.97 Å². The Morgan fingerprint density at radius 2 is 2.22 bits per heavy atom. The summed E-state index contributed by atoms with van der Waals surface area (Å²) in [6, 6.07) is 7.92. The second-order valence-corrected chi connectivity index (χ2v) is 5.35. The average Bonchev–Trinajstić information content (AvgIpc) is 2.32. The van der Waals surface area contributed by atoms with Crippen LogP contribution in [0.5, 0.6) is 5.75 Å². The summed E-state index contributed by atoms with van der Waals surface area (Å²) in [5.41, 5.74) is 0. The number of carbonyl (C=O) groups is 1. The van der Waals surface area contributed by atoms with E-state index in [1.165, 1.54) is 0 Å². The summed E-state index contributed by atoms with van der Waals surface area (Å²) in [6.45, 7) is 2.08. The van der Waals surface area contributed by atoms with Crippen LogP contribution >= 0.6 is 22.6 Å². The highest BCUT2D eigenvalue weighted by Crippen LogP contribution is 2.14. The third-order valence-corrected chi connectivity index (χ3v) is 3.13. The summed E-state index contributed by atoms with van der Waals surface area (Å²) in [4.78, 5) is 12.4. The zero-order valence-corrected chi connectivity index (χ0v) is 12.6. The van der Waals surface area contributed by atoms with Crippen LogP contribution in [0.15, 0.2) is 24.3 Å². The van der Waals surface area contributed by atoms with Crippen molar-refractivity contribution >= 4 is 28.6 Å². The Bertz CT molecular complexity index is 384. The first kappa shape index (κ1) is 15.2. The first-order chi connectivity index (χ1) is 8.58. The van der Waals surface area contributed by atoms with E-state index in [9.17, 15) is 4.79 Å². The minimum Gasteiger partial charge on any atom is -0.494 e.